The lowest BCUT2D eigenvalue weighted by molar-refractivity contribution is -0.112. The van der Waals surface area contributed by atoms with Crippen molar-refractivity contribution in [2.24, 2.45) is 0 Å². The number of hydrogen-bond donors (Lipinski definition) is 1. The molecule has 0 aromatic heterocycles. The minimum absolute atomic E-state index is 0.0148. The topological polar surface area (TPSA) is 40.5 Å². The Bertz CT molecular complexity index is 864. The predicted octanol–water partition coefficient (Wildman–Crippen LogP) is 5.73. The third-order valence-electron chi connectivity index (χ3n) is 3.71. The highest BCUT2D eigenvalue weighted by Crippen LogP contribution is 2.54. The van der Waals surface area contributed by atoms with Crippen LogP contribution in [-0.4, -0.2) is 17.4 Å². The third-order valence-corrected chi connectivity index (χ3v) is 5.36. The number of hydrogen-bond acceptors (Lipinski definition) is 4. The summed E-state index contributed by atoms with van der Waals surface area (Å²) >= 11 is 13.9. The lowest BCUT2D eigenvalue weighted by Gasteiger charge is -2.22. The maximum absolute atomic E-state index is 11.5. The first-order chi connectivity index (χ1) is 11.4. The molecule has 0 aliphatic carbocycles. The van der Waals surface area contributed by atoms with Crippen molar-refractivity contribution in [3.05, 3.63) is 51.5 Å². The van der Waals surface area contributed by atoms with Gasteiger partial charge in [-0.15, -0.1) is 0 Å². The van der Waals surface area contributed by atoms with Crippen molar-refractivity contribution >= 4 is 46.4 Å². The number of carbonyl (C=O) groups excluding carboxylic acids is 1. The van der Waals surface area contributed by atoms with Crippen LogP contribution < -0.4 is 4.90 Å². The van der Waals surface area contributed by atoms with Crippen LogP contribution in [0.1, 0.15) is 13.8 Å². The molecule has 124 valence electrons. The van der Waals surface area contributed by atoms with Crippen LogP contribution in [0.4, 0.5) is 5.69 Å². The SMILES string of the molecule is CCN1C(=CC(C)=O)Sc2ccc(O)c(-c3ccc(Cl)cc3Cl)c21. The summed E-state index contributed by atoms with van der Waals surface area (Å²) in [6.07, 6.45) is 1.61. The van der Waals surface area contributed by atoms with E-state index in [0.29, 0.717) is 27.7 Å². The first kappa shape index (κ1) is 17.2. The molecule has 0 radical (unpaired) electrons. The van der Waals surface area contributed by atoms with Gasteiger partial charge in [-0.25, -0.2) is 0 Å². The van der Waals surface area contributed by atoms with Crippen LogP contribution in [0.15, 0.2) is 46.3 Å². The summed E-state index contributed by atoms with van der Waals surface area (Å²) in [7, 11) is 0. The molecule has 2 aromatic rings. The highest BCUT2D eigenvalue weighted by atomic mass is 35.5. The van der Waals surface area contributed by atoms with E-state index in [1.54, 1.807) is 30.3 Å². The summed E-state index contributed by atoms with van der Waals surface area (Å²) < 4.78 is 0. The lowest BCUT2D eigenvalue weighted by atomic mass is 10.0. The Hall–Kier alpha value is -1.62. The van der Waals surface area contributed by atoms with Gasteiger partial charge in [-0.1, -0.05) is 41.0 Å². The zero-order valence-corrected chi connectivity index (χ0v) is 15.5. The molecular formula is C18H15Cl2NO2S. The molecule has 1 aliphatic heterocycles. The maximum atomic E-state index is 11.5. The second kappa shape index (κ2) is 6.71. The van der Waals surface area contributed by atoms with Crippen molar-refractivity contribution in [3.63, 3.8) is 0 Å². The van der Waals surface area contributed by atoms with Gasteiger partial charge in [0.05, 0.1) is 15.7 Å². The number of phenolic OH excluding ortho intramolecular Hbond substituents is 1. The zero-order valence-electron chi connectivity index (χ0n) is 13.1. The molecule has 24 heavy (non-hydrogen) atoms. The average molecular weight is 380 g/mol. The normalized spacial score (nSPS) is 15.0. The summed E-state index contributed by atoms with van der Waals surface area (Å²) in [5.41, 5.74) is 2.22. The van der Waals surface area contributed by atoms with E-state index in [9.17, 15) is 9.90 Å². The molecule has 1 aliphatic rings. The highest BCUT2D eigenvalue weighted by molar-refractivity contribution is 8.03. The van der Waals surface area contributed by atoms with E-state index in [0.717, 1.165) is 15.6 Å². The van der Waals surface area contributed by atoms with E-state index < -0.39 is 0 Å². The van der Waals surface area contributed by atoms with E-state index in [1.165, 1.54) is 18.7 Å². The molecule has 1 heterocycles. The molecule has 0 saturated heterocycles. The van der Waals surface area contributed by atoms with Gasteiger partial charge in [-0.2, -0.15) is 0 Å². The molecule has 0 unspecified atom stereocenters. The number of nitrogens with zero attached hydrogens (tertiary/aromatic N) is 1. The molecule has 6 heteroatoms. The van der Waals surface area contributed by atoms with Gasteiger partial charge in [0.15, 0.2) is 5.78 Å². The average Bonchev–Trinajstić information content (AvgIpc) is 2.85. The van der Waals surface area contributed by atoms with Crippen LogP contribution in [0.3, 0.4) is 0 Å². The van der Waals surface area contributed by atoms with Gasteiger partial charge < -0.3 is 10.0 Å². The van der Waals surface area contributed by atoms with Crippen LogP contribution in [0.2, 0.25) is 10.0 Å². The number of rotatable bonds is 3. The number of carbonyl (C=O) groups is 1. The number of ketones is 1. The molecule has 0 saturated carbocycles. The smallest absolute Gasteiger partial charge is 0.155 e. The number of thioether (sulfide) groups is 1. The molecule has 0 fully saturated rings. The Morgan fingerprint density at radius 1 is 1.29 bits per heavy atom. The van der Waals surface area contributed by atoms with Gasteiger partial charge in [0.2, 0.25) is 0 Å². The van der Waals surface area contributed by atoms with Crippen molar-refractivity contribution in [2.45, 2.75) is 18.7 Å². The van der Waals surface area contributed by atoms with Gasteiger partial charge in [0, 0.05) is 33.7 Å². The third kappa shape index (κ3) is 3.02. The minimum Gasteiger partial charge on any atom is -0.507 e. The van der Waals surface area contributed by atoms with Gasteiger partial charge in [-0.05, 0) is 38.1 Å². The molecule has 1 N–H and O–H groups in total. The van der Waals surface area contributed by atoms with Gasteiger partial charge in [0.25, 0.3) is 0 Å². The first-order valence-corrected chi connectivity index (χ1v) is 8.98. The van der Waals surface area contributed by atoms with Crippen molar-refractivity contribution in [2.75, 3.05) is 11.4 Å². The highest BCUT2D eigenvalue weighted by Gasteiger charge is 2.30. The molecule has 0 bridgehead atoms. The Labute approximate surface area is 154 Å². The van der Waals surface area contributed by atoms with Crippen molar-refractivity contribution in [1.29, 1.82) is 0 Å². The van der Waals surface area contributed by atoms with E-state index in [-0.39, 0.29) is 11.5 Å². The van der Waals surface area contributed by atoms with Crippen LogP contribution in [0.5, 0.6) is 5.75 Å². The largest absolute Gasteiger partial charge is 0.507 e. The lowest BCUT2D eigenvalue weighted by Crippen LogP contribution is -2.18. The zero-order chi connectivity index (χ0) is 17.4. The number of aromatic hydroxyl groups is 1. The van der Waals surface area contributed by atoms with Gasteiger partial charge in [-0.3, -0.25) is 4.79 Å². The van der Waals surface area contributed by atoms with Crippen molar-refractivity contribution < 1.29 is 9.90 Å². The minimum atomic E-state index is -0.0148. The standard InChI is InChI=1S/C18H15Cl2NO2S/c1-3-21-16(8-10(2)22)24-15-7-6-14(23)17(18(15)21)12-5-4-11(19)9-13(12)20/h4-9,23H,3H2,1-2H3. The Balaban J connectivity index is 2.25. The summed E-state index contributed by atoms with van der Waals surface area (Å²) in [4.78, 5) is 14.5. The summed E-state index contributed by atoms with van der Waals surface area (Å²) in [6, 6.07) is 8.70. The van der Waals surface area contributed by atoms with Crippen molar-refractivity contribution in [3.8, 4) is 16.9 Å². The Morgan fingerprint density at radius 3 is 2.67 bits per heavy atom. The Morgan fingerprint density at radius 2 is 2.04 bits per heavy atom. The summed E-state index contributed by atoms with van der Waals surface area (Å²) in [6.45, 7) is 4.19. The van der Waals surface area contributed by atoms with E-state index in [1.807, 2.05) is 17.9 Å². The van der Waals surface area contributed by atoms with Gasteiger partial charge in [0.1, 0.15) is 5.75 Å². The van der Waals surface area contributed by atoms with Crippen LogP contribution in [0.25, 0.3) is 11.1 Å². The van der Waals surface area contributed by atoms with E-state index in [2.05, 4.69) is 0 Å². The molecular weight excluding hydrogens is 365 g/mol. The molecule has 3 rings (SSSR count). The summed E-state index contributed by atoms with van der Waals surface area (Å²) in [5.74, 6) is 0.125. The second-order valence-corrected chi connectivity index (χ2v) is 7.28. The maximum Gasteiger partial charge on any atom is 0.155 e. The fraction of sp³-hybridized carbons (Fsp3) is 0.167. The summed E-state index contributed by atoms with van der Waals surface area (Å²) in [5, 5.41) is 12.3. The van der Waals surface area contributed by atoms with Crippen LogP contribution in [-0.2, 0) is 4.79 Å². The van der Waals surface area contributed by atoms with Crippen molar-refractivity contribution in [1.82, 2.24) is 0 Å². The molecule has 3 nitrogen and oxygen atoms in total. The van der Waals surface area contributed by atoms with E-state index in [4.69, 9.17) is 23.2 Å². The molecule has 0 atom stereocenters. The number of anilines is 1. The first-order valence-electron chi connectivity index (χ1n) is 7.41. The fourth-order valence-corrected chi connectivity index (χ4v) is 4.47. The van der Waals surface area contributed by atoms with E-state index >= 15 is 0 Å². The number of halogens is 2. The van der Waals surface area contributed by atoms with Crippen LogP contribution in [0, 0.1) is 0 Å². The van der Waals surface area contributed by atoms with Crippen LogP contribution >= 0.6 is 35.0 Å². The second-order valence-electron chi connectivity index (χ2n) is 5.37. The monoisotopic (exact) mass is 379 g/mol. The Kier molecular flexibility index (Phi) is 4.81. The quantitative estimate of drug-likeness (QED) is 0.691. The predicted molar refractivity (Wildman–Crippen MR) is 101 cm³/mol. The number of allylic oxidation sites excluding steroid dienone is 1. The molecule has 0 amide bonds. The number of phenols is 1. The number of benzene rings is 2. The fourth-order valence-electron chi connectivity index (χ4n) is 2.74. The molecule has 0 spiro atoms. The number of fused-ring (bicyclic) bond motifs is 1. The molecule has 2 aromatic carbocycles. The van der Waals surface area contributed by atoms with Gasteiger partial charge >= 0.3 is 0 Å².